The van der Waals surface area contributed by atoms with E-state index in [1.807, 2.05) is 29.8 Å². The van der Waals surface area contributed by atoms with Gasteiger partial charge in [-0.15, -0.1) is 0 Å². The van der Waals surface area contributed by atoms with Crippen LogP contribution < -0.4 is 0 Å². The predicted octanol–water partition coefficient (Wildman–Crippen LogP) is 1.63. The Morgan fingerprint density at radius 1 is 1.46 bits per heavy atom. The van der Waals surface area contributed by atoms with Crippen molar-refractivity contribution < 1.29 is 5.11 Å². The third-order valence-electron chi connectivity index (χ3n) is 2.23. The summed E-state index contributed by atoms with van der Waals surface area (Å²) in [6, 6.07) is 5.80. The molecule has 0 spiro atoms. The molecule has 0 aliphatic rings. The van der Waals surface area contributed by atoms with Crippen LogP contribution in [0.1, 0.15) is 18.6 Å². The van der Waals surface area contributed by atoms with E-state index in [0.29, 0.717) is 0 Å². The van der Waals surface area contributed by atoms with E-state index >= 15 is 0 Å². The monoisotopic (exact) mass is 176 g/mol. The number of aliphatic hydroxyl groups excluding tert-OH is 1. The molecule has 0 saturated carbocycles. The van der Waals surface area contributed by atoms with Crippen molar-refractivity contribution in [1.82, 2.24) is 9.55 Å². The zero-order valence-electron chi connectivity index (χ0n) is 7.73. The van der Waals surface area contributed by atoms with Gasteiger partial charge in [0.15, 0.2) is 0 Å². The van der Waals surface area contributed by atoms with E-state index in [2.05, 4.69) is 4.98 Å². The lowest BCUT2D eigenvalue weighted by Crippen LogP contribution is -1.91. The topological polar surface area (TPSA) is 38.1 Å². The van der Waals surface area contributed by atoms with Gasteiger partial charge >= 0.3 is 0 Å². The van der Waals surface area contributed by atoms with Crippen LogP contribution in [-0.4, -0.2) is 14.7 Å². The van der Waals surface area contributed by atoms with E-state index in [9.17, 15) is 5.11 Å². The largest absolute Gasteiger partial charge is 0.389 e. The van der Waals surface area contributed by atoms with Crippen LogP contribution in [0.15, 0.2) is 24.5 Å². The molecule has 1 unspecified atom stereocenters. The molecular formula is C10H12N2O. The number of benzene rings is 1. The molecule has 0 saturated heterocycles. The van der Waals surface area contributed by atoms with E-state index in [1.54, 1.807) is 13.3 Å². The van der Waals surface area contributed by atoms with Crippen molar-refractivity contribution in [3.8, 4) is 0 Å². The normalized spacial score (nSPS) is 13.5. The molecule has 1 N–H and O–H groups in total. The van der Waals surface area contributed by atoms with Crippen LogP contribution in [-0.2, 0) is 7.05 Å². The summed E-state index contributed by atoms with van der Waals surface area (Å²) in [5.74, 6) is 0. The molecule has 0 radical (unpaired) electrons. The van der Waals surface area contributed by atoms with Gasteiger partial charge in [0.05, 0.1) is 23.5 Å². The van der Waals surface area contributed by atoms with Gasteiger partial charge < -0.3 is 9.67 Å². The quantitative estimate of drug-likeness (QED) is 0.717. The standard InChI is InChI=1S/C10H12N2O/c1-7(13)8-3-4-9-10(5-8)12(2)6-11-9/h3-7,13H,1-2H3. The van der Waals surface area contributed by atoms with Gasteiger partial charge in [-0.05, 0) is 24.6 Å². The van der Waals surface area contributed by atoms with Gasteiger partial charge in [-0.25, -0.2) is 4.98 Å². The fourth-order valence-electron chi connectivity index (χ4n) is 1.40. The van der Waals surface area contributed by atoms with Crippen molar-refractivity contribution in [2.45, 2.75) is 13.0 Å². The fraction of sp³-hybridized carbons (Fsp3) is 0.300. The molecule has 2 aromatic rings. The summed E-state index contributed by atoms with van der Waals surface area (Å²) in [5.41, 5.74) is 2.95. The van der Waals surface area contributed by atoms with E-state index in [4.69, 9.17) is 0 Å². The Hall–Kier alpha value is -1.35. The van der Waals surface area contributed by atoms with Gasteiger partial charge in [-0.1, -0.05) is 6.07 Å². The van der Waals surface area contributed by atoms with Crippen molar-refractivity contribution >= 4 is 11.0 Å². The van der Waals surface area contributed by atoms with E-state index in [0.717, 1.165) is 16.6 Å². The Bertz CT molecular complexity index is 431. The van der Waals surface area contributed by atoms with E-state index in [-0.39, 0.29) is 0 Å². The minimum absolute atomic E-state index is 0.417. The lowest BCUT2D eigenvalue weighted by molar-refractivity contribution is 0.199. The molecule has 1 atom stereocenters. The predicted molar refractivity (Wildman–Crippen MR) is 51.3 cm³/mol. The Kier molecular flexibility index (Phi) is 1.81. The second kappa shape index (κ2) is 2.85. The smallest absolute Gasteiger partial charge is 0.0955 e. The average Bonchev–Trinajstić information content (AvgIpc) is 2.47. The molecule has 0 amide bonds. The SMILES string of the molecule is CC(O)c1ccc2ncn(C)c2c1. The summed E-state index contributed by atoms with van der Waals surface area (Å²) >= 11 is 0. The molecule has 13 heavy (non-hydrogen) atoms. The number of aromatic nitrogens is 2. The first-order valence-electron chi connectivity index (χ1n) is 4.27. The molecule has 0 aliphatic carbocycles. The van der Waals surface area contributed by atoms with Crippen LogP contribution in [0.5, 0.6) is 0 Å². The number of nitrogens with zero attached hydrogens (tertiary/aromatic N) is 2. The third kappa shape index (κ3) is 1.31. The van der Waals surface area contributed by atoms with Crippen LogP contribution in [0, 0.1) is 0 Å². The molecular weight excluding hydrogens is 164 g/mol. The fourth-order valence-corrected chi connectivity index (χ4v) is 1.40. The van der Waals surface area contributed by atoms with Crippen LogP contribution >= 0.6 is 0 Å². The number of fused-ring (bicyclic) bond motifs is 1. The molecule has 1 aromatic heterocycles. The summed E-state index contributed by atoms with van der Waals surface area (Å²) in [6.45, 7) is 1.76. The van der Waals surface area contributed by atoms with Crippen molar-refractivity contribution in [2.24, 2.45) is 7.05 Å². The van der Waals surface area contributed by atoms with Crippen molar-refractivity contribution in [1.29, 1.82) is 0 Å². The molecule has 1 aromatic carbocycles. The lowest BCUT2D eigenvalue weighted by atomic mass is 10.1. The number of hydrogen-bond donors (Lipinski definition) is 1. The summed E-state index contributed by atoms with van der Waals surface area (Å²) in [4.78, 5) is 4.20. The number of aryl methyl sites for hydroxylation is 1. The number of imidazole rings is 1. The van der Waals surface area contributed by atoms with Gasteiger partial charge in [0.25, 0.3) is 0 Å². The van der Waals surface area contributed by atoms with E-state index in [1.165, 1.54) is 0 Å². The lowest BCUT2D eigenvalue weighted by Gasteiger charge is -2.04. The minimum Gasteiger partial charge on any atom is -0.389 e. The zero-order chi connectivity index (χ0) is 9.42. The molecule has 0 fully saturated rings. The minimum atomic E-state index is -0.417. The molecule has 3 nitrogen and oxygen atoms in total. The van der Waals surface area contributed by atoms with Crippen LogP contribution in [0.4, 0.5) is 0 Å². The Labute approximate surface area is 76.6 Å². The zero-order valence-corrected chi connectivity index (χ0v) is 7.73. The Balaban J connectivity index is 2.66. The third-order valence-corrected chi connectivity index (χ3v) is 2.23. The second-order valence-electron chi connectivity index (χ2n) is 3.28. The van der Waals surface area contributed by atoms with Crippen LogP contribution in [0.3, 0.4) is 0 Å². The van der Waals surface area contributed by atoms with Gasteiger partial charge in [0.1, 0.15) is 0 Å². The maximum absolute atomic E-state index is 9.38. The first-order chi connectivity index (χ1) is 6.18. The van der Waals surface area contributed by atoms with Crippen LogP contribution in [0.2, 0.25) is 0 Å². The first kappa shape index (κ1) is 8.26. The number of hydrogen-bond acceptors (Lipinski definition) is 2. The highest BCUT2D eigenvalue weighted by atomic mass is 16.3. The van der Waals surface area contributed by atoms with Crippen LogP contribution in [0.25, 0.3) is 11.0 Å². The highest BCUT2D eigenvalue weighted by Gasteiger charge is 2.04. The Morgan fingerprint density at radius 3 is 2.92 bits per heavy atom. The van der Waals surface area contributed by atoms with Crippen molar-refractivity contribution in [3.63, 3.8) is 0 Å². The summed E-state index contributed by atoms with van der Waals surface area (Å²) in [6.07, 6.45) is 1.36. The maximum atomic E-state index is 9.38. The van der Waals surface area contributed by atoms with E-state index < -0.39 is 6.10 Å². The highest BCUT2D eigenvalue weighted by Crippen LogP contribution is 2.18. The van der Waals surface area contributed by atoms with Gasteiger partial charge in [-0.3, -0.25) is 0 Å². The summed E-state index contributed by atoms with van der Waals surface area (Å²) < 4.78 is 1.95. The molecule has 2 rings (SSSR count). The second-order valence-corrected chi connectivity index (χ2v) is 3.28. The molecule has 0 bridgehead atoms. The van der Waals surface area contributed by atoms with Crippen molar-refractivity contribution in [3.05, 3.63) is 30.1 Å². The van der Waals surface area contributed by atoms with Gasteiger partial charge in [0.2, 0.25) is 0 Å². The maximum Gasteiger partial charge on any atom is 0.0955 e. The summed E-state index contributed by atoms with van der Waals surface area (Å²) in [5, 5.41) is 9.38. The Morgan fingerprint density at radius 2 is 2.23 bits per heavy atom. The molecule has 68 valence electrons. The molecule has 3 heteroatoms. The molecule has 1 heterocycles. The summed E-state index contributed by atoms with van der Waals surface area (Å²) in [7, 11) is 1.95. The number of aliphatic hydroxyl groups is 1. The van der Waals surface area contributed by atoms with Crippen molar-refractivity contribution in [2.75, 3.05) is 0 Å². The van der Waals surface area contributed by atoms with Gasteiger partial charge in [-0.2, -0.15) is 0 Å². The number of rotatable bonds is 1. The average molecular weight is 176 g/mol. The highest BCUT2D eigenvalue weighted by molar-refractivity contribution is 5.76. The van der Waals surface area contributed by atoms with Gasteiger partial charge in [0, 0.05) is 7.05 Å². The molecule has 0 aliphatic heterocycles. The first-order valence-corrected chi connectivity index (χ1v) is 4.27.